The fourth-order valence-corrected chi connectivity index (χ4v) is 1.39. The van der Waals surface area contributed by atoms with E-state index in [2.05, 4.69) is 5.32 Å². The van der Waals surface area contributed by atoms with E-state index in [4.69, 9.17) is 15.6 Å². The number of phenols is 2. The van der Waals surface area contributed by atoms with E-state index >= 15 is 0 Å². The lowest BCUT2D eigenvalue weighted by atomic mass is 10.0. The van der Waals surface area contributed by atoms with Gasteiger partial charge in [0.15, 0.2) is 11.5 Å². The van der Waals surface area contributed by atoms with Gasteiger partial charge in [0.2, 0.25) is 0 Å². The minimum atomic E-state index is -0.535. The molecule has 0 unspecified atom stereocenters. The fourth-order valence-electron chi connectivity index (χ4n) is 1.39. The zero-order valence-corrected chi connectivity index (χ0v) is 10.2. The number of benzene rings is 1. The number of phenolic OH excluding ortho intramolecular Hbond substituents is 2. The average Bonchev–Trinajstić information content (AvgIpc) is 2.33. The standard InChI is InChI=1S/C11H11N3O3.ClH/c12-4-7-3-10(16)11(17)8(5-13)9(7)6-14-1-2-15;/h3,14-17H,1-2,6H2;1H. The second kappa shape index (κ2) is 7.36. The SMILES string of the molecule is Cl.N#Cc1cc(O)c(O)c(C#N)c1CNCCO. The number of hydrogen-bond donors (Lipinski definition) is 4. The Bertz CT molecular complexity index is 506. The fraction of sp³-hybridized carbons (Fsp3) is 0.273. The normalized spacial score (nSPS) is 9.06. The van der Waals surface area contributed by atoms with Crippen LogP contribution in [0.15, 0.2) is 6.07 Å². The highest BCUT2D eigenvalue weighted by atomic mass is 35.5. The van der Waals surface area contributed by atoms with Crippen molar-refractivity contribution < 1.29 is 15.3 Å². The third kappa shape index (κ3) is 3.25. The second-order valence-corrected chi connectivity index (χ2v) is 3.27. The lowest BCUT2D eigenvalue weighted by Gasteiger charge is -2.10. The Morgan fingerprint density at radius 3 is 2.39 bits per heavy atom. The number of hydrogen-bond acceptors (Lipinski definition) is 6. The van der Waals surface area contributed by atoms with E-state index < -0.39 is 11.5 Å². The van der Waals surface area contributed by atoms with Gasteiger partial charge in [-0.25, -0.2) is 0 Å². The molecule has 0 radical (unpaired) electrons. The highest BCUT2D eigenvalue weighted by Crippen LogP contribution is 2.33. The maximum absolute atomic E-state index is 9.50. The van der Waals surface area contributed by atoms with Gasteiger partial charge < -0.3 is 20.6 Å². The molecule has 0 fully saturated rings. The third-order valence-corrected chi connectivity index (χ3v) is 2.21. The molecule has 1 aromatic rings. The van der Waals surface area contributed by atoms with E-state index in [-0.39, 0.29) is 36.7 Å². The summed E-state index contributed by atoms with van der Waals surface area (Å²) >= 11 is 0. The Balaban J connectivity index is 0.00000289. The Labute approximate surface area is 110 Å². The first-order chi connectivity index (χ1) is 8.15. The number of nitrogens with one attached hydrogen (secondary N) is 1. The van der Waals surface area contributed by atoms with Crippen LogP contribution in [0.1, 0.15) is 16.7 Å². The largest absolute Gasteiger partial charge is 0.504 e. The van der Waals surface area contributed by atoms with Gasteiger partial charge in [0.05, 0.1) is 18.2 Å². The molecule has 0 saturated heterocycles. The number of rotatable bonds is 4. The van der Waals surface area contributed by atoms with Crippen molar-refractivity contribution in [1.82, 2.24) is 5.32 Å². The molecule has 1 rings (SSSR count). The first-order valence-corrected chi connectivity index (χ1v) is 4.85. The molecule has 0 heterocycles. The second-order valence-electron chi connectivity index (χ2n) is 3.27. The van der Waals surface area contributed by atoms with Crippen molar-refractivity contribution in [2.45, 2.75) is 6.54 Å². The van der Waals surface area contributed by atoms with Crippen molar-refractivity contribution in [3.8, 4) is 23.6 Å². The maximum atomic E-state index is 9.50. The van der Waals surface area contributed by atoms with E-state index in [1.165, 1.54) is 0 Å². The Morgan fingerprint density at radius 1 is 1.22 bits per heavy atom. The molecule has 6 nitrogen and oxygen atoms in total. The minimum Gasteiger partial charge on any atom is -0.504 e. The Morgan fingerprint density at radius 2 is 1.89 bits per heavy atom. The molecule has 18 heavy (non-hydrogen) atoms. The number of aliphatic hydroxyl groups is 1. The number of nitriles is 2. The van der Waals surface area contributed by atoms with Crippen LogP contribution in [0, 0.1) is 22.7 Å². The van der Waals surface area contributed by atoms with Crippen LogP contribution in [0.4, 0.5) is 0 Å². The van der Waals surface area contributed by atoms with E-state index in [1.807, 2.05) is 6.07 Å². The number of halogens is 1. The Hall–Kier alpha value is -1.99. The number of nitrogens with zero attached hydrogens (tertiary/aromatic N) is 2. The van der Waals surface area contributed by atoms with Gasteiger partial charge in [-0.15, -0.1) is 12.4 Å². The molecule has 1 aromatic carbocycles. The molecule has 4 N–H and O–H groups in total. The van der Waals surface area contributed by atoms with E-state index in [0.29, 0.717) is 12.1 Å². The van der Waals surface area contributed by atoms with E-state index in [1.54, 1.807) is 6.07 Å². The van der Waals surface area contributed by atoms with Crippen molar-refractivity contribution in [1.29, 1.82) is 10.5 Å². The van der Waals surface area contributed by atoms with Crippen molar-refractivity contribution in [2.24, 2.45) is 0 Å². The molecule has 0 spiro atoms. The van der Waals surface area contributed by atoms with Crippen molar-refractivity contribution >= 4 is 12.4 Å². The molecule has 7 heteroatoms. The summed E-state index contributed by atoms with van der Waals surface area (Å²) in [5, 5.41) is 48.0. The predicted molar refractivity (Wildman–Crippen MR) is 65.2 cm³/mol. The summed E-state index contributed by atoms with van der Waals surface area (Å²) in [4.78, 5) is 0. The molecule has 0 aromatic heterocycles. The Kier molecular flexibility index (Phi) is 6.54. The van der Waals surface area contributed by atoms with Crippen LogP contribution in [-0.4, -0.2) is 28.5 Å². The van der Waals surface area contributed by atoms with Crippen molar-refractivity contribution in [3.05, 3.63) is 22.8 Å². The van der Waals surface area contributed by atoms with Crippen LogP contribution in [0.2, 0.25) is 0 Å². The van der Waals surface area contributed by atoms with Gasteiger partial charge in [-0.3, -0.25) is 0 Å². The van der Waals surface area contributed by atoms with Crippen LogP contribution >= 0.6 is 12.4 Å². The zero-order chi connectivity index (χ0) is 12.8. The first-order valence-electron chi connectivity index (χ1n) is 4.85. The van der Waals surface area contributed by atoms with Gasteiger partial charge >= 0.3 is 0 Å². The van der Waals surface area contributed by atoms with Gasteiger partial charge in [-0.05, 0) is 0 Å². The first kappa shape index (κ1) is 16.0. The van der Waals surface area contributed by atoms with Crippen LogP contribution in [0.25, 0.3) is 0 Å². The lowest BCUT2D eigenvalue weighted by molar-refractivity contribution is 0.292. The molecule has 0 aliphatic rings. The van der Waals surface area contributed by atoms with Gasteiger partial charge in [0, 0.05) is 24.7 Å². The molecular weight excluding hydrogens is 258 g/mol. The lowest BCUT2D eigenvalue weighted by Crippen LogP contribution is -2.19. The van der Waals surface area contributed by atoms with Gasteiger partial charge in [-0.2, -0.15) is 10.5 Å². The summed E-state index contributed by atoms with van der Waals surface area (Å²) in [5.41, 5.74) is 0.285. The predicted octanol–water partition coefficient (Wildman–Crippen LogP) is 0.345. The van der Waals surface area contributed by atoms with Crippen molar-refractivity contribution in [3.63, 3.8) is 0 Å². The molecule has 0 saturated carbocycles. The molecule has 0 aliphatic heterocycles. The minimum absolute atomic E-state index is 0. The molecule has 0 atom stereocenters. The van der Waals surface area contributed by atoms with Gasteiger partial charge in [0.25, 0.3) is 0 Å². The van der Waals surface area contributed by atoms with E-state index in [9.17, 15) is 10.2 Å². The molecule has 96 valence electrons. The smallest absolute Gasteiger partial charge is 0.176 e. The van der Waals surface area contributed by atoms with Crippen LogP contribution < -0.4 is 5.32 Å². The number of aromatic hydroxyl groups is 2. The summed E-state index contributed by atoms with van der Waals surface area (Å²) < 4.78 is 0. The molecule has 0 bridgehead atoms. The van der Waals surface area contributed by atoms with Crippen molar-refractivity contribution in [2.75, 3.05) is 13.2 Å². The van der Waals surface area contributed by atoms with Crippen LogP contribution in [0.3, 0.4) is 0 Å². The summed E-state index contributed by atoms with van der Waals surface area (Å²) in [6, 6.07) is 4.69. The van der Waals surface area contributed by atoms with Crippen LogP contribution in [0.5, 0.6) is 11.5 Å². The quantitative estimate of drug-likeness (QED) is 0.462. The average molecular weight is 270 g/mol. The van der Waals surface area contributed by atoms with Crippen LogP contribution in [-0.2, 0) is 6.54 Å². The molecule has 0 amide bonds. The highest BCUT2D eigenvalue weighted by Gasteiger charge is 2.16. The van der Waals surface area contributed by atoms with E-state index in [0.717, 1.165) is 6.07 Å². The monoisotopic (exact) mass is 269 g/mol. The molecular formula is C11H12ClN3O3. The maximum Gasteiger partial charge on any atom is 0.176 e. The summed E-state index contributed by atoms with van der Waals surface area (Å²) in [7, 11) is 0. The topological polar surface area (TPSA) is 120 Å². The third-order valence-electron chi connectivity index (χ3n) is 2.21. The summed E-state index contributed by atoms with van der Waals surface area (Å²) in [6.45, 7) is 0.380. The summed E-state index contributed by atoms with van der Waals surface area (Å²) in [6.07, 6.45) is 0. The van der Waals surface area contributed by atoms with Gasteiger partial charge in [0.1, 0.15) is 11.6 Å². The summed E-state index contributed by atoms with van der Waals surface area (Å²) in [5.74, 6) is -1.03. The highest BCUT2D eigenvalue weighted by molar-refractivity contribution is 5.85. The number of aliphatic hydroxyl groups excluding tert-OH is 1. The molecule has 0 aliphatic carbocycles. The zero-order valence-electron chi connectivity index (χ0n) is 9.34. The van der Waals surface area contributed by atoms with Gasteiger partial charge in [-0.1, -0.05) is 0 Å².